The molecule has 228 valence electrons. The van der Waals surface area contributed by atoms with E-state index in [1.54, 1.807) is 28.6 Å². The fourth-order valence-electron chi connectivity index (χ4n) is 7.27. The maximum Gasteiger partial charge on any atom is 0.247 e. The van der Waals surface area contributed by atoms with Crippen molar-refractivity contribution in [3.8, 4) is 0 Å². The van der Waals surface area contributed by atoms with E-state index in [0.717, 1.165) is 69.4 Å². The number of carbonyl (C=O) groups excluding carboxylic acids is 1. The molecule has 3 saturated heterocycles. The monoisotopic (exact) mass is 640 g/mol. The predicted octanol–water partition coefficient (Wildman–Crippen LogP) is 5.92. The summed E-state index contributed by atoms with van der Waals surface area (Å²) in [5, 5.41) is 4.06. The average Bonchev–Trinajstić information content (AvgIpc) is 3.35. The van der Waals surface area contributed by atoms with Gasteiger partial charge in [-0.15, -0.1) is 0 Å². The van der Waals surface area contributed by atoms with Gasteiger partial charge in [-0.25, -0.2) is 8.42 Å². The number of carbonyl (C=O) groups is 1. The van der Waals surface area contributed by atoms with Gasteiger partial charge in [-0.1, -0.05) is 65.7 Å². The van der Waals surface area contributed by atoms with Crippen molar-refractivity contribution >= 4 is 44.8 Å². The fourth-order valence-corrected chi connectivity index (χ4v) is 9.15. The van der Waals surface area contributed by atoms with Gasteiger partial charge in [-0.3, -0.25) is 4.79 Å². The van der Waals surface area contributed by atoms with E-state index in [1.807, 2.05) is 42.5 Å². The molecule has 7 nitrogen and oxygen atoms in total. The minimum atomic E-state index is -3.63. The van der Waals surface area contributed by atoms with Crippen LogP contribution in [-0.2, 0) is 20.2 Å². The number of sulfonamides is 1. The van der Waals surface area contributed by atoms with Crippen LogP contribution in [0.5, 0.6) is 0 Å². The second kappa shape index (κ2) is 12.4. The number of amides is 1. The molecular formula is C33H38Cl2N4O3S. The molecule has 43 heavy (non-hydrogen) atoms. The van der Waals surface area contributed by atoms with Crippen molar-refractivity contribution in [3.63, 3.8) is 0 Å². The van der Waals surface area contributed by atoms with Gasteiger partial charge in [-0.05, 0) is 87.0 Å². The third-order valence-corrected chi connectivity index (χ3v) is 12.3. The van der Waals surface area contributed by atoms with Crippen molar-refractivity contribution in [1.82, 2.24) is 14.5 Å². The molecule has 6 rings (SSSR count). The molecule has 1 unspecified atom stereocenters. The number of hydrogen-bond donors (Lipinski definition) is 1. The van der Waals surface area contributed by atoms with Crippen molar-refractivity contribution in [2.75, 3.05) is 44.3 Å². The van der Waals surface area contributed by atoms with Crippen molar-refractivity contribution in [2.24, 2.45) is 0 Å². The lowest BCUT2D eigenvalue weighted by molar-refractivity contribution is -0.125. The molecule has 3 heterocycles. The highest BCUT2D eigenvalue weighted by atomic mass is 35.5. The Kier molecular flexibility index (Phi) is 8.77. The number of anilines is 1. The van der Waals surface area contributed by atoms with E-state index in [1.165, 1.54) is 0 Å². The quantitative estimate of drug-likeness (QED) is 0.331. The molecule has 1 N–H and O–H groups in total. The second-order valence-electron chi connectivity index (χ2n) is 12.1. The molecule has 0 bridgehead atoms. The normalized spacial score (nSPS) is 23.0. The van der Waals surface area contributed by atoms with E-state index in [2.05, 4.69) is 27.2 Å². The number of rotatable bonds is 8. The van der Waals surface area contributed by atoms with Crippen LogP contribution < -0.4 is 10.2 Å². The number of hydrogen-bond acceptors (Lipinski definition) is 5. The van der Waals surface area contributed by atoms with Gasteiger partial charge in [0.2, 0.25) is 15.9 Å². The lowest BCUT2D eigenvalue weighted by Gasteiger charge is -2.45. The van der Waals surface area contributed by atoms with Gasteiger partial charge in [0.05, 0.1) is 21.6 Å². The Balaban J connectivity index is 1.16. The number of para-hydroxylation sites is 1. The summed E-state index contributed by atoms with van der Waals surface area (Å²) in [5.41, 5.74) is 1.23. The van der Waals surface area contributed by atoms with Crippen LogP contribution in [0.1, 0.15) is 44.1 Å². The Bertz CT molecular complexity index is 1550. The van der Waals surface area contributed by atoms with Crippen LogP contribution in [0, 0.1) is 0 Å². The van der Waals surface area contributed by atoms with Gasteiger partial charge >= 0.3 is 0 Å². The zero-order chi connectivity index (χ0) is 30.1. The van der Waals surface area contributed by atoms with Crippen molar-refractivity contribution < 1.29 is 13.2 Å². The van der Waals surface area contributed by atoms with E-state index in [9.17, 15) is 13.2 Å². The lowest BCUT2D eigenvalue weighted by atomic mass is 9.71. The summed E-state index contributed by atoms with van der Waals surface area (Å²) in [4.78, 5) is 18.1. The van der Waals surface area contributed by atoms with Crippen LogP contribution in [0.15, 0.2) is 83.8 Å². The summed E-state index contributed by atoms with van der Waals surface area (Å²) >= 11 is 12.8. The number of benzene rings is 3. The minimum Gasteiger partial charge on any atom is -0.339 e. The molecule has 0 aromatic heterocycles. The van der Waals surface area contributed by atoms with Gasteiger partial charge in [0.25, 0.3) is 0 Å². The summed E-state index contributed by atoms with van der Waals surface area (Å²) in [6, 6.07) is 24.6. The number of nitrogens with one attached hydrogen (secondary N) is 1. The van der Waals surface area contributed by atoms with Crippen molar-refractivity contribution in [3.05, 3.63) is 94.5 Å². The van der Waals surface area contributed by atoms with E-state index in [-0.39, 0.29) is 11.3 Å². The van der Waals surface area contributed by atoms with Crippen LogP contribution in [0.4, 0.5) is 5.69 Å². The molecule has 3 aliphatic rings. The van der Waals surface area contributed by atoms with Gasteiger partial charge in [-0.2, -0.15) is 4.31 Å². The first-order chi connectivity index (χ1) is 20.7. The van der Waals surface area contributed by atoms with E-state index in [4.69, 9.17) is 23.2 Å². The predicted molar refractivity (Wildman–Crippen MR) is 172 cm³/mol. The van der Waals surface area contributed by atoms with Crippen LogP contribution in [0.3, 0.4) is 0 Å². The highest BCUT2D eigenvalue weighted by Crippen LogP contribution is 2.42. The summed E-state index contributed by atoms with van der Waals surface area (Å²) < 4.78 is 29.0. The highest BCUT2D eigenvalue weighted by Gasteiger charge is 2.50. The van der Waals surface area contributed by atoms with Crippen molar-refractivity contribution in [1.29, 1.82) is 0 Å². The number of piperidine rings is 2. The molecule has 1 amide bonds. The second-order valence-corrected chi connectivity index (χ2v) is 14.8. The van der Waals surface area contributed by atoms with Crippen LogP contribution in [0.2, 0.25) is 10.0 Å². The summed E-state index contributed by atoms with van der Waals surface area (Å²) in [5.74, 6) is 0.122. The smallest absolute Gasteiger partial charge is 0.247 e. The number of likely N-dealkylation sites (tertiary alicyclic amines) is 1. The molecule has 0 radical (unpaired) electrons. The van der Waals surface area contributed by atoms with Crippen molar-refractivity contribution in [2.45, 2.75) is 54.4 Å². The van der Waals surface area contributed by atoms with Gasteiger partial charge in [0, 0.05) is 37.3 Å². The lowest BCUT2D eigenvalue weighted by Crippen LogP contribution is -2.56. The molecule has 1 atom stereocenters. The van der Waals surface area contributed by atoms with E-state index in [0.29, 0.717) is 34.7 Å². The minimum absolute atomic E-state index is 0.122. The molecule has 3 aromatic carbocycles. The maximum atomic E-state index is 13.7. The summed E-state index contributed by atoms with van der Waals surface area (Å²) in [6.45, 7) is 4.00. The summed E-state index contributed by atoms with van der Waals surface area (Å²) in [6.07, 6.45) is 4.92. The molecule has 3 aromatic rings. The molecule has 10 heteroatoms. The first kappa shape index (κ1) is 30.4. The molecule has 1 spiro atoms. The van der Waals surface area contributed by atoms with E-state index < -0.39 is 15.6 Å². The molecule has 3 fully saturated rings. The highest BCUT2D eigenvalue weighted by molar-refractivity contribution is 7.89. The average molecular weight is 642 g/mol. The third kappa shape index (κ3) is 5.92. The number of nitrogens with zero attached hydrogens (tertiary/aromatic N) is 3. The summed E-state index contributed by atoms with van der Waals surface area (Å²) in [7, 11) is -3.63. The Morgan fingerprint density at radius 2 is 1.53 bits per heavy atom. The molecular weight excluding hydrogens is 603 g/mol. The molecule has 0 aliphatic carbocycles. The Hall–Kier alpha value is -2.62. The molecule has 0 saturated carbocycles. The van der Waals surface area contributed by atoms with Gasteiger partial charge in [0.15, 0.2) is 0 Å². The van der Waals surface area contributed by atoms with Crippen LogP contribution in [-0.4, -0.2) is 68.5 Å². The van der Waals surface area contributed by atoms with Gasteiger partial charge in [0.1, 0.15) is 5.54 Å². The standard InChI is InChI=1S/C33H38Cl2N4O3S/c34-29-14-13-26(23-30(29)35)32(16-8-20-38(24-32)43(41,42)28-11-5-2-6-12-28)15-7-19-37-21-17-33(18-22-37)31(40)36-25-39(33)27-9-3-1-4-10-27/h1-6,9-14,23H,7-8,15-22,24-25H2,(H,36,40). The first-order valence-electron chi connectivity index (χ1n) is 15.1. The fraction of sp³-hybridized carbons (Fsp3) is 0.424. The van der Waals surface area contributed by atoms with Crippen LogP contribution in [0.25, 0.3) is 0 Å². The van der Waals surface area contributed by atoms with E-state index >= 15 is 0 Å². The first-order valence-corrected chi connectivity index (χ1v) is 17.3. The maximum absolute atomic E-state index is 13.7. The SMILES string of the molecule is O=C1NCN(c2ccccc2)C12CCN(CCCC1(c3ccc(Cl)c(Cl)c3)CCCN(S(=O)(=O)c3ccccc3)C1)CC2. The van der Waals surface area contributed by atoms with Gasteiger partial charge < -0.3 is 15.1 Å². The largest absolute Gasteiger partial charge is 0.339 e. The Labute approximate surface area is 264 Å². The zero-order valence-electron chi connectivity index (χ0n) is 24.2. The molecule has 3 aliphatic heterocycles. The Morgan fingerprint density at radius 3 is 2.23 bits per heavy atom. The number of halogens is 2. The van der Waals surface area contributed by atoms with Crippen LogP contribution >= 0.6 is 23.2 Å². The Morgan fingerprint density at radius 1 is 0.837 bits per heavy atom. The topological polar surface area (TPSA) is 73.0 Å². The third-order valence-electron chi connectivity index (χ3n) is 9.67. The zero-order valence-corrected chi connectivity index (χ0v) is 26.5.